The van der Waals surface area contributed by atoms with E-state index in [0.29, 0.717) is 12.2 Å². The molecule has 2 aromatic rings. The first kappa shape index (κ1) is 17.3. The van der Waals surface area contributed by atoms with Crippen molar-refractivity contribution >= 4 is 6.09 Å². The van der Waals surface area contributed by atoms with Crippen molar-refractivity contribution in [3.8, 4) is 5.75 Å². The summed E-state index contributed by atoms with van der Waals surface area (Å²) in [7, 11) is 1.64. The molecule has 1 saturated carbocycles. The van der Waals surface area contributed by atoms with E-state index in [9.17, 15) is 4.79 Å². The third-order valence-corrected chi connectivity index (χ3v) is 4.34. The van der Waals surface area contributed by atoms with Gasteiger partial charge in [-0.1, -0.05) is 36.6 Å². The molecule has 1 N–H and O–H groups in total. The molecule has 1 fully saturated rings. The first-order valence-corrected chi connectivity index (χ1v) is 8.68. The highest BCUT2D eigenvalue weighted by Crippen LogP contribution is 2.17. The molecule has 0 spiro atoms. The normalized spacial score (nSPS) is 14.9. The number of hydrogen-bond acceptors (Lipinski definition) is 5. The van der Waals surface area contributed by atoms with Gasteiger partial charge in [-0.05, 0) is 30.5 Å². The Hall–Kier alpha value is -2.57. The van der Waals surface area contributed by atoms with Gasteiger partial charge < -0.3 is 14.8 Å². The molecule has 7 nitrogen and oxygen atoms in total. The zero-order chi connectivity index (χ0) is 17.5. The topological polar surface area (TPSA) is 78.3 Å². The number of amides is 1. The number of methoxy groups -OCH3 is 1. The summed E-state index contributed by atoms with van der Waals surface area (Å²) in [6.07, 6.45) is 7.07. The van der Waals surface area contributed by atoms with Crippen molar-refractivity contribution < 1.29 is 14.3 Å². The van der Waals surface area contributed by atoms with E-state index in [1.807, 2.05) is 24.3 Å². The second-order valence-electron chi connectivity index (χ2n) is 6.31. The number of nitrogens with zero attached hydrogens (tertiary/aromatic N) is 3. The highest BCUT2D eigenvalue weighted by Gasteiger charge is 2.16. The standard InChI is InChI=1S/C18H24N4O3/c1-24-17-9-5-6-14(10-17)11-22-12-16(20-21-22)13-25-18(23)19-15-7-3-2-4-8-15/h5-6,9-10,12,15H,2-4,7-8,11,13H2,1H3,(H,19,23). The number of alkyl carbamates (subject to hydrolysis) is 1. The van der Waals surface area contributed by atoms with Gasteiger partial charge in [-0.15, -0.1) is 5.10 Å². The van der Waals surface area contributed by atoms with Crippen LogP contribution in [0.2, 0.25) is 0 Å². The number of carbonyl (C=O) groups excluding carboxylic acids is 1. The number of hydrogen-bond donors (Lipinski definition) is 1. The van der Waals surface area contributed by atoms with Crippen LogP contribution in [0, 0.1) is 0 Å². The van der Waals surface area contributed by atoms with Crippen LogP contribution >= 0.6 is 0 Å². The Morgan fingerprint density at radius 2 is 2.16 bits per heavy atom. The van der Waals surface area contributed by atoms with Crippen LogP contribution in [0.5, 0.6) is 5.75 Å². The van der Waals surface area contributed by atoms with Crippen molar-refractivity contribution in [2.24, 2.45) is 0 Å². The van der Waals surface area contributed by atoms with Crippen molar-refractivity contribution in [1.29, 1.82) is 0 Å². The lowest BCUT2D eigenvalue weighted by Gasteiger charge is -2.22. The molecule has 0 aliphatic heterocycles. The molecule has 1 aliphatic carbocycles. The zero-order valence-electron chi connectivity index (χ0n) is 14.5. The van der Waals surface area contributed by atoms with Crippen LogP contribution in [-0.4, -0.2) is 34.2 Å². The Morgan fingerprint density at radius 3 is 2.96 bits per heavy atom. The van der Waals surface area contributed by atoms with Crippen LogP contribution < -0.4 is 10.1 Å². The van der Waals surface area contributed by atoms with Crippen LogP contribution in [0.3, 0.4) is 0 Å². The minimum Gasteiger partial charge on any atom is -0.497 e. The largest absolute Gasteiger partial charge is 0.497 e. The van der Waals surface area contributed by atoms with Crippen LogP contribution in [0.1, 0.15) is 43.4 Å². The van der Waals surface area contributed by atoms with Crippen LogP contribution in [-0.2, 0) is 17.9 Å². The second-order valence-corrected chi connectivity index (χ2v) is 6.31. The third-order valence-electron chi connectivity index (χ3n) is 4.34. The molecule has 1 aromatic heterocycles. The van der Waals surface area contributed by atoms with Gasteiger partial charge in [0.25, 0.3) is 0 Å². The molecule has 7 heteroatoms. The highest BCUT2D eigenvalue weighted by molar-refractivity contribution is 5.67. The maximum atomic E-state index is 11.9. The molecule has 25 heavy (non-hydrogen) atoms. The lowest BCUT2D eigenvalue weighted by Crippen LogP contribution is -2.36. The number of ether oxygens (including phenoxy) is 2. The Kier molecular flexibility index (Phi) is 5.87. The van der Waals surface area contributed by atoms with Crippen LogP contribution in [0.25, 0.3) is 0 Å². The minimum atomic E-state index is -0.380. The minimum absolute atomic E-state index is 0.122. The first-order chi connectivity index (χ1) is 12.2. The van der Waals surface area contributed by atoms with Gasteiger partial charge >= 0.3 is 6.09 Å². The van der Waals surface area contributed by atoms with Crippen molar-refractivity contribution in [1.82, 2.24) is 20.3 Å². The average molecular weight is 344 g/mol. The van der Waals surface area contributed by atoms with Gasteiger partial charge in [0, 0.05) is 6.04 Å². The molecule has 1 aromatic carbocycles. The summed E-state index contributed by atoms with van der Waals surface area (Å²) in [5.41, 5.74) is 1.69. The van der Waals surface area contributed by atoms with Crippen molar-refractivity contribution in [3.05, 3.63) is 41.7 Å². The number of carbonyl (C=O) groups is 1. The predicted molar refractivity (Wildman–Crippen MR) is 92.3 cm³/mol. The molecular weight excluding hydrogens is 320 g/mol. The van der Waals surface area contributed by atoms with Gasteiger partial charge in [0.05, 0.1) is 19.9 Å². The molecule has 1 amide bonds. The lowest BCUT2D eigenvalue weighted by molar-refractivity contribution is 0.131. The number of benzene rings is 1. The van der Waals surface area contributed by atoms with Crippen molar-refractivity contribution in [2.75, 3.05) is 7.11 Å². The second kappa shape index (κ2) is 8.50. The summed E-state index contributed by atoms with van der Waals surface area (Å²) >= 11 is 0. The van der Waals surface area contributed by atoms with E-state index in [0.717, 1.165) is 24.2 Å². The molecule has 0 atom stereocenters. The van der Waals surface area contributed by atoms with E-state index in [1.54, 1.807) is 18.0 Å². The fourth-order valence-electron chi connectivity index (χ4n) is 3.03. The van der Waals surface area contributed by atoms with Gasteiger partial charge in [-0.25, -0.2) is 9.48 Å². The first-order valence-electron chi connectivity index (χ1n) is 8.68. The lowest BCUT2D eigenvalue weighted by atomic mass is 9.96. The Balaban J connectivity index is 1.47. The van der Waals surface area contributed by atoms with Crippen molar-refractivity contribution in [2.45, 2.75) is 51.3 Å². The van der Waals surface area contributed by atoms with E-state index in [1.165, 1.54) is 19.3 Å². The van der Waals surface area contributed by atoms with Gasteiger partial charge in [0.1, 0.15) is 18.1 Å². The predicted octanol–water partition coefficient (Wildman–Crippen LogP) is 2.89. The highest BCUT2D eigenvalue weighted by atomic mass is 16.5. The van der Waals surface area contributed by atoms with E-state index in [-0.39, 0.29) is 18.7 Å². The molecule has 0 radical (unpaired) electrons. The molecule has 0 saturated heterocycles. The number of nitrogens with one attached hydrogen (secondary N) is 1. The summed E-state index contributed by atoms with van der Waals surface area (Å²) in [6, 6.07) is 8.03. The van der Waals surface area contributed by atoms with E-state index >= 15 is 0 Å². The van der Waals surface area contributed by atoms with Gasteiger partial charge in [-0.2, -0.15) is 0 Å². The smallest absolute Gasteiger partial charge is 0.407 e. The van der Waals surface area contributed by atoms with Gasteiger partial charge in [0.15, 0.2) is 0 Å². The zero-order valence-corrected chi connectivity index (χ0v) is 14.5. The van der Waals surface area contributed by atoms with Crippen LogP contribution in [0.15, 0.2) is 30.5 Å². The quantitative estimate of drug-likeness (QED) is 0.872. The Labute approximate surface area is 147 Å². The van der Waals surface area contributed by atoms with E-state index in [4.69, 9.17) is 9.47 Å². The summed E-state index contributed by atoms with van der Waals surface area (Å²) in [6.45, 7) is 0.704. The average Bonchev–Trinajstić information content (AvgIpc) is 3.08. The molecule has 134 valence electrons. The maximum absolute atomic E-state index is 11.9. The van der Waals surface area contributed by atoms with Gasteiger partial charge in [-0.3, -0.25) is 0 Å². The van der Waals surface area contributed by atoms with Crippen molar-refractivity contribution in [3.63, 3.8) is 0 Å². The molecule has 1 aliphatic rings. The van der Waals surface area contributed by atoms with Gasteiger partial charge in [0.2, 0.25) is 0 Å². The monoisotopic (exact) mass is 344 g/mol. The molecule has 0 unspecified atom stereocenters. The fraction of sp³-hybridized carbons (Fsp3) is 0.500. The summed E-state index contributed by atoms with van der Waals surface area (Å²) in [5, 5.41) is 11.0. The maximum Gasteiger partial charge on any atom is 0.407 e. The molecule has 0 bridgehead atoms. The molecule has 3 rings (SSSR count). The van der Waals surface area contributed by atoms with E-state index in [2.05, 4.69) is 15.6 Å². The molecule has 1 heterocycles. The fourth-order valence-corrected chi connectivity index (χ4v) is 3.03. The number of aromatic nitrogens is 3. The SMILES string of the molecule is COc1cccc(Cn2cc(COC(=O)NC3CCCCC3)nn2)c1. The summed E-state index contributed by atoms with van der Waals surface area (Å²) in [4.78, 5) is 11.9. The summed E-state index contributed by atoms with van der Waals surface area (Å²) in [5.74, 6) is 0.806. The van der Waals surface area contributed by atoms with Crippen LogP contribution in [0.4, 0.5) is 4.79 Å². The number of rotatable bonds is 6. The third kappa shape index (κ3) is 5.20. The summed E-state index contributed by atoms with van der Waals surface area (Å²) < 4.78 is 12.2. The Morgan fingerprint density at radius 1 is 1.32 bits per heavy atom. The Bertz CT molecular complexity index is 695. The van der Waals surface area contributed by atoms with E-state index < -0.39 is 0 Å². The molecular formula is C18H24N4O3.